The molecule has 45 heavy (non-hydrogen) atoms. The van der Waals surface area contributed by atoms with Crippen LogP contribution in [0.2, 0.25) is 0 Å². The Labute approximate surface area is 264 Å². The molecular weight excluding hydrogens is 566 g/mol. The SMILES string of the molecule is Cc1nc2n(n1)CCN(C(=O)c1c(C)c3cccc(C)c3n1C)CCCC(=O)N1CCCC[C@H]1C(=O)N[C@@H]2Cc1ccccc1. The molecule has 0 radical (unpaired) electrons. The summed E-state index contributed by atoms with van der Waals surface area (Å²) in [5, 5.41) is 9.06. The zero-order valence-corrected chi connectivity index (χ0v) is 26.8. The zero-order chi connectivity index (χ0) is 31.7. The Morgan fingerprint density at radius 1 is 0.933 bits per heavy atom. The molecule has 2 atom stereocenters. The number of carbonyl (C=O) groups excluding carboxylic acids is 3. The third-order valence-corrected chi connectivity index (χ3v) is 9.40. The third kappa shape index (κ3) is 6.10. The fraction of sp³-hybridized carbons (Fsp3) is 0.457. The molecule has 3 amide bonds. The molecule has 10 heteroatoms. The predicted molar refractivity (Wildman–Crippen MR) is 173 cm³/mol. The number of nitrogens with one attached hydrogen (secondary N) is 1. The van der Waals surface area contributed by atoms with Crippen LogP contribution in [0.4, 0.5) is 0 Å². The van der Waals surface area contributed by atoms with Crippen molar-refractivity contribution in [1.29, 1.82) is 0 Å². The van der Waals surface area contributed by atoms with E-state index in [-0.39, 0.29) is 24.1 Å². The Hall–Kier alpha value is -4.47. The maximum atomic E-state index is 14.3. The lowest BCUT2D eigenvalue weighted by Gasteiger charge is -2.36. The van der Waals surface area contributed by atoms with Crippen LogP contribution in [-0.4, -0.2) is 72.5 Å². The quantitative estimate of drug-likeness (QED) is 0.371. The molecule has 236 valence electrons. The average molecular weight is 610 g/mol. The van der Waals surface area contributed by atoms with Crippen molar-refractivity contribution in [3.63, 3.8) is 0 Å². The summed E-state index contributed by atoms with van der Waals surface area (Å²) in [6, 6.07) is 15.2. The minimum atomic E-state index is -0.524. The van der Waals surface area contributed by atoms with E-state index < -0.39 is 12.1 Å². The largest absolute Gasteiger partial charge is 0.344 e. The van der Waals surface area contributed by atoms with Crippen LogP contribution in [0.5, 0.6) is 0 Å². The molecule has 4 heterocycles. The lowest BCUT2D eigenvalue weighted by atomic mass is 9.99. The highest BCUT2D eigenvalue weighted by Gasteiger charge is 2.35. The first kappa shape index (κ1) is 30.6. The van der Waals surface area contributed by atoms with Crippen LogP contribution in [0.1, 0.15) is 77.0 Å². The van der Waals surface area contributed by atoms with Crippen molar-refractivity contribution < 1.29 is 14.4 Å². The van der Waals surface area contributed by atoms with E-state index in [0.717, 1.165) is 40.4 Å². The number of aryl methyl sites for hydroxylation is 4. The van der Waals surface area contributed by atoms with Crippen LogP contribution >= 0.6 is 0 Å². The number of nitrogens with zero attached hydrogens (tertiary/aromatic N) is 6. The molecular formula is C35H43N7O3. The molecule has 10 nitrogen and oxygen atoms in total. The maximum absolute atomic E-state index is 14.3. The summed E-state index contributed by atoms with van der Waals surface area (Å²) in [6.07, 6.45) is 3.72. The van der Waals surface area contributed by atoms with Gasteiger partial charge in [0.1, 0.15) is 23.4 Å². The Morgan fingerprint density at radius 2 is 1.73 bits per heavy atom. The second kappa shape index (κ2) is 12.9. The first-order chi connectivity index (χ1) is 21.7. The number of fused-ring (bicyclic) bond motifs is 3. The standard InChI is InChI=1S/C35H43N7O3/c1-23-12-10-15-27-24(2)32(39(4)31(23)27)35(45)40-18-11-17-30(43)41-19-9-8-16-29(41)34(44)37-28(22-26-13-6-5-7-14-26)33-36-25(3)38-42(33)21-20-40/h5-7,10,12-15,28-29H,8-9,11,16-22H2,1-4H3,(H,37,44)/t28-,29+/m1/s1. The summed E-state index contributed by atoms with van der Waals surface area (Å²) in [5.74, 6) is 1.02. The first-order valence-electron chi connectivity index (χ1n) is 16.1. The minimum absolute atomic E-state index is 0.0330. The molecule has 1 fully saturated rings. The number of hydrogen-bond acceptors (Lipinski definition) is 5. The van der Waals surface area contributed by atoms with Crippen LogP contribution in [-0.2, 0) is 29.6 Å². The van der Waals surface area contributed by atoms with E-state index in [1.807, 2.05) is 71.4 Å². The van der Waals surface area contributed by atoms with Crippen molar-refractivity contribution in [2.45, 2.75) is 77.9 Å². The molecule has 4 aromatic rings. The Kier molecular flexibility index (Phi) is 8.74. The van der Waals surface area contributed by atoms with Gasteiger partial charge in [-0.05, 0) is 69.6 Å². The van der Waals surface area contributed by atoms with E-state index in [4.69, 9.17) is 10.1 Å². The molecule has 0 unspecified atom stereocenters. The van der Waals surface area contributed by atoms with Gasteiger partial charge in [0.05, 0.1) is 18.1 Å². The van der Waals surface area contributed by atoms with Crippen LogP contribution in [0.15, 0.2) is 48.5 Å². The summed E-state index contributed by atoms with van der Waals surface area (Å²) in [7, 11) is 1.95. The van der Waals surface area contributed by atoms with Gasteiger partial charge in [-0.25, -0.2) is 9.67 Å². The van der Waals surface area contributed by atoms with Gasteiger partial charge in [0.2, 0.25) is 11.8 Å². The highest BCUT2D eigenvalue weighted by atomic mass is 16.2. The smallest absolute Gasteiger partial charge is 0.270 e. The van der Waals surface area contributed by atoms with Gasteiger partial charge in [-0.3, -0.25) is 14.4 Å². The van der Waals surface area contributed by atoms with E-state index in [1.165, 1.54) is 0 Å². The monoisotopic (exact) mass is 609 g/mol. The van der Waals surface area contributed by atoms with E-state index in [9.17, 15) is 14.4 Å². The van der Waals surface area contributed by atoms with Crippen LogP contribution < -0.4 is 5.32 Å². The molecule has 0 aliphatic carbocycles. The summed E-state index contributed by atoms with van der Waals surface area (Å²) >= 11 is 0. The predicted octanol–water partition coefficient (Wildman–Crippen LogP) is 4.41. The molecule has 1 N–H and O–H groups in total. The number of para-hydroxylation sites is 1. The molecule has 2 aromatic carbocycles. The van der Waals surface area contributed by atoms with Crippen molar-refractivity contribution >= 4 is 28.6 Å². The highest BCUT2D eigenvalue weighted by molar-refractivity contribution is 6.02. The molecule has 2 aromatic heterocycles. The van der Waals surface area contributed by atoms with Gasteiger partial charge in [0.25, 0.3) is 5.91 Å². The molecule has 0 bridgehead atoms. The van der Waals surface area contributed by atoms with Crippen LogP contribution in [0.25, 0.3) is 10.9 Å². The van der Waals surface area contributed by atoms with E-state index in [2.05, 4.69) is 24.4 Å². The van der Waals surface area contributed by atoms with E-state index in [0.29, 0.717) is 62.8 Å². The van der Waals surface area contributed by atoms with E-state index >= 15 is 0 Å². The van der Waals surface area contributed by atoms with Gasteiger partial charge in [0.15, 0.2) is 0 Å². The van der Waals surface area contributed by atoms with Gasteiger partial charge in [0, 0.05) is 38.5 Å². The van der Waals surface area contributed by atoms with Gasteiger partial charge >= 0.3 is 0 Å². The fourth-order valence-corrected chi connectivity index (χ4v) is 7.17. The van der Waals surface area contributed by atoms with Crippen molar-refractivity contribution in [3.8, 4) is 0 Å². The lowest BCUT2D eigenvalue weighted by Crippen LogP contribution is -2.53. The fourth-order valence-electron chi connectivity index (χ4n) is 7.17. The third-order valence-electron chi connectivity index (χ3n) is 9.40. The molecule has 0 saturated carbocycles. The molecule has 6 rings (SSSR count). The van der Waals surface area contributed by atoms with E-state index in [1.54, 1.807) is 4.90 Å². The van der Waals surface area contributed by atoms with Gasteiger partial charge in [-0.2, -0.15) is 5.10 Å². The normalized spacial score (nSPS) is 20.0. The minimum Gasteiger partial charge on any atom is -0.344 e. The topological polar surface area (TPSA) is 105 Å². The second-order valence-electron chi connectivity index (χ2n) is 12.5. The summed E-state index contributed by atoms with van der Waals surface area (Å²) in [4.78, 5) is 50.1. The Morgan fingerprint density at radius 3 is 2.51 bits per heavy atom. The number of rotatable bonds is 3. The first-order valence-corrected chi connectivity index (χ1v) is 16.1. The molecule has 2 aliphatic heterocycles. The molecule has 1 saturated heterocycles. The van der Waals surface area contributed by atoms with Crippen LogP contribution in [0, 0.1) is 20.8 Å². The van der Waals surface area contributed by atoms with Gasteiger partial charge in [-0.15, -0.1) is 0 Å². The average Bonchev–Trinajstić information content (AvgIpc) is 3.54. The Balaban J connectivity index is 1.38. The van der Waals surface area contributed by atoms with Gasteiger partial charge < -0.3 is 19.7 Å². The zero-order valence-electron chi connectivity index (χ0n) is 26.8. The van der Waals surface area contributed by atoms with Crippen molar-refractivity contribution in [3.05, 3.63) is 82.6 Å². The maximum Gasteiger partial charge on any atom is 0.270 e. The van der Waals surface area contributed by atoms with Crippen LogP contribution in [0.3, 0.4) is 0 Å². The lowest BCUT2D eigenvalue weighted by molar-refractivity contribution is -0.142. The second-order valence-corrected chi connectivity index (χ2v) is 12.5. The van der Waals surface area contributed by atoms with Crippen molar-refractivity contribution in [2.75, 3.05) is 19.6 Å². The molecule has 2 aliphatic rings. The number of piperidine rings is 1. The van der Waals surface area contributed by atoms with Crippen molar-refractivity contribution in [1.82, 2.24) is 34.4 Å². The highest BCUT2D eigenvalue weighted by Crippen LogP contribution is 2.29. The number of amides is 3. The Bertz CT molecular complexity index is 1720. The number of benzene rings is 2. The number of carbonyl (C=O) groups is 3. The number of aromatic nitrogens is 4. The summed E-state index contributed by atoms with van der Waals surface area (Å²) < 4.78 is 3.85. The van der Waals surface area contributed by atoms with Crippen molar-refractivity contribution in [2.24, 2.45) is 7.05 Å². The van der Waals surface area contributed by atoms with Gasteiger partial charge in [-0.1, -0.05) is 48.5 Å². The summed E-state index contributed by atoms with van der Waals surface area (Å²) in [6.45, 7) is 7.71. The molecule has 0 spiro atoms. The summed E-state index contributed by atoms with van der Waals surface area (Å²) in [5.41, 5.74) is 4.85. The number of hydrogen-bond donors (Lipinski definition) is 1.